The number of hydrogen-bond acceptors (Lipinski definition) is 3. The maximum atomic E-state index is 5.87. The summed E-state index contributed by atoms with van der Waals surface area (Å²) in [6.45, 7) is 1.54. The second-order valence-corrected chi connectivity index (χ2v) is 4.64. The highest BCUT2D eigenvalue weighted by Gasteiger charge is 2.42. The molecule has 0 bridgehead atoms. The second kappa shape index (κ2) is 4.92. The van der Waals surface area contributed by atoms with Crippen LogP contribution in [-0.4, -0.2) is 30.6 Å². The van der Waals surface area contributed by atoms with Crippen LogP contribution in [0.3, 0.4) is 0 Å². The van der Waals surface area contributed by atoms with E-state index in [1.807, 2.05) is 0 Å². The molecule has 0 amide bonds. The maximum absolute atomic E-state index is 5.87. The summed E-state index contributed by atoms with van der Waals surface area (Å²) in [6.07, 6.45) is 5.50. The van der Waals surface area contributed by atoms with Crippen molar-refractivity contribution in [1.29, 1.82) is 0 Å². The van der Waals surface area contributed by atoms with Crippen molar-refractivity contribution in [3.63, 3.8) is 0 Å². The first kappa shape index (κ1) is 10.9. The predicted molar refractivity (Wildman–Crippen MR) is 56.4 cm³/mol. The average molecular weight is 265 g/mol. The van der Waals surface area contributed by atoms with Crippen molar-refractivity contribution in [3.05, 3.63) is 0 Å². The third-order valence-corrected chi connectivity index (χ3v) is 3.28. The summed E-state index contributed by atoms with van der Waals surface area (Å²) >= 11 is 3.43. The van der Waals surface area contributed by atoms with Crippen LogP contribution in [0.15, 0.2) is 0 Å². The normalized spacial score (nSPS) is 37.9. The summed E-state index contributed by atoms with van der Waals surface area (Å²) in [6, 6.07) is 0. The molecule has 2 aliphatic heterocycles. The lowest BCUT2D eigenvalue weighted by Gasteiger charge is -2.37. The largest absolute Gasteiger partial charge is 0.327 e. The molecular formula is C10H17BrO3. The molecular weight excluding hydrogens is 248 g/mol. The Hall–Kier alpha value is 0.360. The first-order valence-corrected chi connectivity index (χ1v) is 6.48. The molecule has 2 aliphatic rings. The van der Waals surface area contributed by atoms with Gasteiger partial charge in [-0.1, -0.05) is 15.9 Å². The van der Waals surface area contributed by atoms with Gasteiger partial charge in [0.25, 0.3) is 5.97 Å². The van der Waals surface area contributed by atoms with Gasteiger partial charge in [-0.05, 0) is 25.7 Å². The molecule has 82 valence electrons. The zero-order chi connectivity index (χ0) is 9.86. The highest BCUT2D eigenvalue weighted by atomic mass is 79.9. The Bertz CT molecular complexity index is 180. The van der Waals surface area contributed by atoms with Crippen LogP contribution in [0, 0.1) is 0 Å². The van der Waals surface area contributed by atoms with Crippen LogP contribution in [0.1, 0.15) is 32.1 Å². The quantitative estimate of drug-likeness (QED) is 0.733. The van der Waals surface area contributed by atoms with Gasteiger partial charge in [0.05, 0.1) is 19.3 Å². The topological polar surface area (TPSA) is 27.7 Å². The molecule has 1 spiro atoms. The summed E-state index contributed by atoms with van der Waals surface area (Å²) in [7, 11) is 0. The summed E-state index contributed by atoms with van der Waals surface area (Å²) in [5.74, 6) is -0.671. The fraction of sp³-hybridized carbons (Fsp3) is 1.00. The molecule has 0 aliphatic carbocycles. The number of alkyl halides is 1. The van der Waals surface area contributed by atoms with Gasteiger partial charge in [-0.25, -0.2) is 0 Å². The molecule has 2 atom stereocenters. The monoisotopic (exact) mass is 264 g/mol. The standard InChI is InChI=1S/C10H17BrO3/c11-6-1-3-9-4-8-13-10(14-9)5-2-7-12-10/h9H,1-8H2. The molecule has 0 N–H and O–H groups in total. The molecule has 0 aromatic heterocycles. The molecule has 0 saturated carbocycles. The summed E-state index contributed by atoms with van der Waals surface area (Å²) in [5, 5.41) is 1.04. The van der Waals surface area contributed by atoms with Gasteiger partial charge in [-0.15, -0.1) is 0 Å². The van der Waals surface area contributed by atoms with E-state index in [0.717, 1.165) is 50.6 Å². The molecule has 0 radical (unpaired) electrons. The lowest BCUT2D eigenvalue weighted by molar-refractivity contribution is -0.398. The Morgan fingerprint density at radius 2 is 2.14 bits per heavy atom. The van der Waals surface area contributed by atoms with Crippen molar-refractivity contribution in [2.75, 3.05) is 18.5 Å². The third-order valence-electron chi connectivity index (χ3n) is 2.72. The minimum atomic E-state index is -0.671. The lowest BCUT2D eigenvalue weighted by atomic mass is 10.1. The zero-order valence-electron chi connectivity index (χ0n) is 8.34. The highest BCUT2D eigenvalue weighted by Crippen LogP contribution is 2.34. The summed E-state index contributed by atoms with van der Waals surface area (Å²) in [4.78, 5) is 0. The van der Waals surface area contributed by atoms with E-state index < -0.39 is 5.97 Å². The molecule has 4 heteroatoms. The van der Waals surface area contributed by atoms with Gasteiger partial charge in [0.15, 0.2) is 0 Å². The minimum absolute atomic E-state index is 0.319. The van der Waals surface area contributed by atoms with Crippen LogP contribution >= 0.6 is 15.9 Å². The van der Waals surface area contributed by atoms with E-state index >= 15 is 0 Å². The van der Waals surface area contributed by atoms with Crippen molar-refractivity contribution in [2.45, 2.75) is 44.2 Å². The fourth-order valence-corrected chi connectivity index (χ4v) is 2.32. The molecule has 2 fully saturated rings. The number of rotatable bonds is 3. The molecule has 2 unspecified atom stereocenters. The van der Waals surface area contributed by atoms with E-state index in [4.69, 9.17) is 14.2 Å². The number of halogens is 1. The number of hydrogen-bond donors (Lipinski definition) is 0. The third kappa shape index (κ3) is 2.48. The fourth-order valence-electron chi connectivity index (χ4n) is 2.00. The Morgan fingerprint density at radius 1 is 1.29 bits per heavy atom. The summed E-state index contributed by atoms with van der Waals surface area (Å²) in [5.41, 5.74) is 0. The van der Waals surface area contributed by atoms with Crippen molar-refractivity contribution in [1.82, 2.24) is 0 Å². The van der Waals surface area contributed by atoms with Gasteiger partial charge >= 0.3 is 0 Å². The van der Waals surface area contributed by atoms with Crippen molar-refractivity contribution < 1.29 is 14.2 Å². The van der Waals surface area contributed by atoms with E-state index in [0.29, 0.717) is 6.10 Å². The maximum Gasteiger partial charge on any atom is 0.283 e. The molecule has 0 aromatic carbocycles. The summed E-state index contributed by atoms with van der Waals surface area (Å²) < 4.78 is 17.0. The van der Waals surface area contributed by atoms with E-state index in [-0.39, 0.29) is 0 Å². The Balaban J connectivity index is 1.83. The van der Waals surface area contributed by atoms with Crippen LogP contribution in [0.4, 0.5) is 0 Å². The zero-order valence-corrected chi connectivity index (χ0v) is 9.92. The van der Waals surface area contributed by atoms with Crippen LogP contribution in [0.25, 0.3) is 0 Å². The van der Waals surface area contributed by atoms with Crippen LogP contribution in [-0.2, 0) is 14.2 Å². The van der Waals surface area contributed by atoms with Crippen molar-refractivity contribution in [2.24, 2.45) is 0 Å². The van der Waals surface area contributed by atoms with Gasteiger partial charge in [0, 0.05) is 11.8 Å². The Morgan fingerprint density at radius 3 is 2.86 bits per heavy atom. The van der Waals surface area contributed by atoms with E-state index in [1.165, 1.54) is 0 Å². The average Bonchev–Trinajstić information content (AvgIpc) is 2.63. The number of ether oxygens (including phenoxy) is 3. The van der Waals surface area contributed by atoms with Gasteiger partial charge in [0.2, 0.25) is 0 Å². The lowest BCUT2D eigenvalue weighted by Crippen LogP contribution is -2.44. The van der Waals surface area contributed by atoms with E-state index in [1.54, 1.807) is 0 Å². The van der Waals surface area contributed by atoms with Crippen molar-refractivity contribution in [3.8, 4) is 0 Å². The molecule has 2 saturated heterocycles. The van der Waals surface area contributed by atoms with Crippen LogP contribution in [0.5, 0.6) is 0 Å². The molecule has 2 rings (SSSR count). The van der Waals surface area contributed by atoms with Gasteiger partial charge < -0.3 is 14.2 Å². The Kier molecular flexibility index (Phi) is 3.82. The molecule has 14 heavy (non-hydrogen) atoms. The van der Waals surface area contributed by atoms with Gasteiger partial charge in [0.1, 0.15) is 0 Å². The van der Waals surface area contributed by atoms with Gasteiger partial charge in [-0.3, -0.25) is 0 Å². The van der Waals surface area contributed by atoms with E-state index in [2.05, 4.69) is 15.9 Å². The first-order valence-electron chi connectivity index (χ1n) is 5.36. The van der Waals surface area contributed by atoms with E-state index in [9.17, 15) is 0 Å². The van der Waals surface area contributed by atoms with Crippen molar-refractivity contribution >= 4 is 15.9 Å². The second-order valence-electron chi connectivity index (χ2n) is 3.84. The predicted octanol–water partition coefficient (Wildman–Crippen LogP) is 2.43. The molecule has 0 aromatic rings. The SMILES string of the molecule is BrCCCC1CCOC2(CCCO2)O1. The van der Waals surface area contributed by atoms with Crippen LogP contribution in [0.2, 0.25) is 0 Å². The molecule has 2 heterocycles. The minimum Gasteiger partial charge on any atom is -0.327 e. The first-order chi connectivity index (χ1) is 6.85. The molecule has 3 nitrogen and oxygen atoms in total. The van der Waals surface area contributed by atoms with Gasteiger partial charge in [-0.2, -0.15) is 0 Å². The smallest absolute Gasteiger partial charge is 0.283 e. The van der Waals surface area contributed by atoms with Crippen LogP contribution < -0.4 is 0 Å². The Labute approximate surface area is 93.2 Å². The highest BCUT2D eigenvalue weighted by molar-refractivity contribution is 9.09.